The third-order valence-electron chi connectivity index (χ3n) is 2.43. The molecule has 1 atom stereocenters. The van der Waals surface area contributed by atoms with Crippen LogP contribution in [0.5, 0.6) is 0 Å². The zero-order valence-electron chi connectivity index (χ0n) is 9.39. The number of rotatable bonds is 4. The van der Waals surface area contributed by atoms with Crippen molar-refractivity contribution in [2.45, 2.75) is 26.3 Å². The van der Waals surface area contributed by atoms with Crippen LogP contribution in [0.3, 0.4) is 0 Å². The van der Waals surface area contributed by atoms with Gasteiger partial charge in [-0.25, -0.2) is 4.39 Å². The minimum Gasteiger partial charge on any atom is -0.348 e. The summed E-state index contributed by atoms with van der Waals surface area (Å²) in [7, 11) is 0. The van der Waals surface area contributed by atoms with Gasteiger partial charge in [-0.05, 0) is 37.1 Å². The molecular weight excluding hydrogens is 273 g/mol. The van der Waals surface area contributed by atoms with Gasteiger partial charge in [0.1, 0.15) is 5.82 Å². The van der Waals surface area contributed by atoms with E-state index in [2.05, 4.69) is 21.2 Å². The molecule has 0 fully saturated rings. The molecule has 1 rings (SSSR count). The Bertz CT molecular complexity index is 377. The Hall–Kier alpha value is -0.900. The number of halogens is 2. The van der Waals surface area contributed by atoms with Crippen molar-refractivity contribution in [3.05, 3.63) is 35.1 Å². The number of benzene rings is 1. The first-order chi connectivity index (χ1) is 7.58. The van der Waals surface area contributed by atoms with Gasteiger partial charge < -0.3 is 5.32 Å². The summed E-state index contributed by atoms with van der Waals surface area (Å²) in [6.07, 6.45) is 0.858. The number of hydrogen-bond donors (Lipinski definition) is 1. The summed E-state index contributed by atoms with van der Waals surface area (Å²) < 4.78 is 13.0. The fraction of sp³-hybridized carbons (Fsp3) is 0.417. The van der Waals surface area contributed by atoms with Crippen molar-refractivity contribution in [1.29, 1.82) is 0 Å². The molecule has 1 aromatic rings. The largest absolute Gasteiger partial charge is 0.348 e. The van der Waals surface area contributed by atoms with E-state index < -0.39 is 0 Å². The Morgan fingerprint density at radius 1 is 1.56 bits per heavy atom. The predicted molar refractivity (Wildman–Crippen MR) is 66.5 cm³/mol. The maximum Gasteiger partial charge on any atom is 0.251 e. The molecule has 1 aromatic carbocycles. The molecule has 0 aliphatic rings. The zero-order chi connectivity index (χ0) is 12.1. The van der Waals surface area contributed by atoms with Gasteiger partial charge >= 0.3 is 0 Å². The summed E-state index contributed by atoms with van der Waals surface area (Å²) in [6.45, 7) is 3.65. The topological polar surface area (TPSA) is 29.1 Å². The smallest absolute Gasteiger partial charge is 0.251 e. The van der Waals surface area contributed by atoms with Crippen LogP contribution in [-0.4, -0.2) is 17.3 Å². The summed E-state index contributed by atoms with van der Waals surface area (Å²) in [6, 6.07) is 4.49. The minimum atomic E-state index is -0.288. The van der Waals surface area contributed by atoms with Crippen molar-refractivity contribution in [2.75, 3.05) is 5.33 Å². The highest BCUT2D eigenvalue weighted by Gasteiger charge is 2.11. The molecule has 0 saturated heterocycles. The molecule has 16 heavy (non-hydrogen) atoms. The maximum atomic E-state index is 13.0. The average Bonchev–Trinajstić information content (AvgIpc) is 2.29. The minimum absolute atomic E-state index is 0.109. The van der Waals surface area contributed by atoms with Crippen molar-refractivity contribution < 1.29 is 9.18 Å². The molecule has 0 saturated carbocycles. The number of hydrogen-bond acceptors (Lipinski definition) is 1. The van der Waals surface area contributed by atoms with Crippen LogP contribution in [-0.2, 0) is 0 Å². The van der Waals surface area contributed by atoms with E-state index in [0.29, 0.717) is 11.1 Å². The SMILES string of the molecule is CCC(CBr)NC(=O)c1ccc(F)c(C)c1. The van der Waals surface area contributed by atoms with Crippen LogP contribution in [0.2, 0.25) is 0 Å². The Labute approximate surface area is 103 Å². The van der Waals surface area contributed by atoms with E-state index in [-0.39, 0.29) is 17.8 Å². The van der Waals surface area contributed by atoms with Crippen molar-refractivity contribution in [2.24, 2.45) is 0 Å². The Morgan fingerprint density at radius 2 is 2.25 bits per heavy atom. The molecule has 1 amide bonds. The third kappa shape index (κ3) is 3.30. The first-order valence-corrected chi connectivity index (χ1v) is 6.33. The summed E-state index contributed by atoms with van der Waals surface area (Å²) >= 11 is 3.33. The normalized spacial score (nSPS) is 12.2. The number of carbonyl (C=O) groups excluding carboxylic acids is 1. The predicted octanol–water partition coefficient (Wildman–Crippen LogP) is 3.04. The van der Waals surface area contributed by atoms with Crippen LogP contribution < -0.4 is 5.32 Å². The van der Waals surface area contributed by atoms with Crippen molar-refractivity contribution in [3.8, 4) is 0 Å². The Balaban J connectivity index is 2.76. The van der Waals surface area contributed by atoms with Crippen molar-refractivity contribution in [1.82, 2.24) is 5.32 Å². The molecule has 88 valence electrons. The fourth-order valence-corrected chi connectivity index (χ4v) is 1.92. The summed E-state index contributed by atoms with van der Waals surface area (Å²) in [5.74, 6) is -0.446. The molecule has 0 aromatic heterocycles. The summed E-state index contributed by atoms with van der Waals surface area (Å²) in [4.78, 5) is 11.8. The third-order valence-corrected chi connectivity index (χ3v) is 3.22. The maximum absolute atomic E-state index is 13.0. The lowest BCUT2D eigenvalue weighted by Crippen LogP contribution is -2.35. The average molecular weight is 288 g/mol. The molecule has 1 N–H and O–H groups in total. The second-order valence-corrected chi connectivity index (χ2v) is 4.34. The number of carbonyl (C=O) groups is 1. The highest BCUT2D eigenvalue weighted by atomic mass is 79.9. The Morgan fingerprint density at radius 3 is 2.75 bits per heavy atom. The van der Waals surface area contributed by atoms with E-state index in [9.17, 15) is 9.18 Å². The van der Waals surface area contributed by atoms with E-state index in [1.165, 1.54) is 12.1 Å². The number of nitrogens with one attached hydrogen (secondary N) is 1. The summed E-state index contributed by atoms with van der Waals surface area (Å²) in [5.41, 5.74) is 0.984. The van der Waals surface area contributed by atoms with Crippen LogP contribution >= 0.6 is 15.9 Å². The second-order valence-electron chi connectivity index (χ2n) is 3.70. The van der Waals surface area contributed by atoms with Gasteiger partial charge in [-0.2, -0.15) is 0 Å². The van der Waals surface area contributed by atoms with E-state index in [1.54, 1.807) is 13.0 Å². The van der Waals surface area contributed by atoms with Gasteiger partial charge in [-0.1, -0.05) is 22.9 Å². The number of alkyl halides is 1. The van der Waals surface area contributed by atoms with E-state index in [4.69, 9.17) is 0 Å². The van der Waals surface area contributed by atoms with Crippen LogP contribution in [0.4, 0.5) is 4.39 Å². The molecule has 0 radical (unpaired) electrons. The lowest BCUT2D eigenvalue weighted by molar-refractivity contribution is 0.0940. The molecule has 0 aliphatic heterocycles. The highest BCUT2D eigenvalue weighted by Crippen LogP contribution is 2.09. The van der Waals surface area contributed by atoms with Gasteiger partial charge in [0.05, 0.1) is 0 Å². The molecular formula is C12H15BrFNO. The first kappa shape index (κ1) is 13.2. The van der Waals surface area contributed by atoms with Crippen LogP contribution in [0, 0.1) is 12.7 Å². The highest BCUT2D eigenvalue weighted by molar-refractivity contribution is 9.09. The molecule has 2 nitrogen and oxygen atoms in total. The number of amides is 1. The molecule has 1 unspecified atom stereocenters. The van der Waals surface area contributed by atoms with Crippen LogP contribution in [0.1, 0.15) is 29.3 Å². The monoisotopic (exact) mass is 287 g/mol. The molecule has 0 heterocycles. The summed E-state index contributed by atoms with van der Waals surface area (Å²) in [5, 5.41) is 3.59. The van der Waals surface area contributed by atoms with Crippen LogP contribution in [0.15, 0.2) is 18.2 Å². The van der Waals surface area contributed by atoms with Gasteiger partial charge in [0.2, 0.25) is 0 Å². The van der Waals surface area contributed by atoms with Gasteiger partial charge in [0.25, 0.3) is 5.91 Å². The van der Waals surface area contributed by atoms with Gasteiger partial charge in [-0.3, -0.25) is 4.79 Å². The standard InChI is InChI=1S/C12H15BrFNO/c1-3-10(7-13)15-12(16)9-4-5-11(14)8(2)6-9/h4-6,10H,3,7H2,1-2H3,(H,15,16). The van der Waals surface area contributed by atoms with Crippen molar-refractivity contribution >= 4 is 21.8 Å². The molecule has 0 spiro atoms. The van der Waals surface area contributed by atoms with E-state index >= 15 is 0 Å². The Kier molecular flexibility index (Phi) is 4.93. The van der Waals surface area contributed by atoms with Crippen LogP contribution in [0.25, 0.3) is 0 Å². The lowest BCUT2D eigenvalue weighted by Gasteiger charge is -2.14. The molecule has 4 heteroatoms. The second kappa shape index (κ2) is 5.99. The quantitative estimate of drug-likeness (QED) is 0.848. The zero-order valence-corrected chi connectivity index (χ0v) is 11.0. The fourth-order valence-electron chi connectivity index (χ4n) is 1.30. The lowest BCUT2D eigenvalue weighted by atomic mass is 10.1. The number of aryl methyl sites for hydroxylation is 1. The van der Waals surface area contributed by atoms with E-state index in [1.807, 2.05) is 6.92 Å². The van der Waals surface area contributed by atoms with Gasteiger partial charge in [-0.15, -0.1) is 0 Å². The molecule has 0 bridgehead atoms. The molecule has 0 aliphatic carbocycles. The van der Waals surface area contributed by atoms with E-state index in [0.717, 1.165) is 11.8 Å². The first-order valence-electron chi connectivity index (χ1n) is 5.21. The van der Waals surface area contributed by atoms with Gasteiger partial charge in [0.15, 0.2) is 0 Å². The van der Waals surface area contributed by atoms with Crippen molar-refractivity contribution in [3.63, 3.8) is 0 Å². The van der Waals surface area contributed by atoms with Gasteiger partial charge in [0, 0.05) is 16.9 Å².